The molecule has 4 heterocycles. The Balaban J connectivity index is 1.40. The molecule has 0 aliphatic carbocycles. The molecule has 3 aromatic heterocycles. The predicted molar refractivity (Wildman–Crippen MR) is 110 cm³/mol. The lowest BCUT2D eigenvalue weighted by molar-refractivity contribution is 0.0697. The van der Waals surface area contributed by atoms with Crippen molar-refractivity contribution in [1.29, 1.82) is 0 Å². The first-order chi connectivity index (χ1) is 14.7. The molecule has 1 aromatic carbocycles. The summed E-state index contributed by atoms with van der Waals surface area (Å²) in [5, 5.41) is 21.1. The summed E-state index contributed by atoms with van der Waals surface area (Å²) in [7, 11) is 0. The first-order valence-electron chi connectivity index (χ1n) is 9.72. The second kappa shape index (κ2) is 7.60. The number of nitrogens with zero attached hydrogens (tertiary/aromatic N) is 5. The van der Waals surface area contributed by atoms with Gasteiger partial charge in [-0.3, -0.25) is 4.68 Å². The van der Waals surface area contributed by atoms with Crippen LogP contribution in [-0.2, 0) is 11.3 Å². The fraction of sp³-hybridized carbons (Fsp3) is 0.238. The summed E-state index contributed by atoms with van der Waals surface area (Å²) in [5.74, 6) is -0.0241. The summed E-state index contributed by atoms with van der Waals surface area (Å²) >= 11 is 0. The first-order valence-corrected chi connectivity index (χ1v) is 9.72. The van der Waals surface area contributed by atoms with Crippen LogP contribution in [0.15, 0.2) is 55.0 Å². The molecule has 1 fully saturated rings. The standard InChI is InChI=1S/C21H20N6O3/c28-20(29)15-3-5-17(6-4-15)23-21-24-19-18(2-1-8-27(19)25-21)16-10-22-26(12-16)11-14-7-9-30-13-14/h1-6,8,10,12,14H,7,9,11,13H2,(H,23,25)(H,28,29). The van der Waals surface area contributed by atoms with Gasteiger partial charge in [-0.05, 0) is 42.8 Å². The van der Waals surface area contributed by atoms with Crippen LogP contribution in [-0.4, -0.2) is 48.7 Å². The smallest absolute Gasteiger partial charge is 0.335 e. The van der Waals surface area contributed by atoms with Crippen LogP contribution >= 0.6 is 0 Å². The molecule has 152 valence electrons. The number of carboxylic acids is 1. The Kier molecular flexibility index (Phi) is 4.64. The fourth-order valence-corrected chi connectivity index (χ4v) is 3.60. The van der Waals surface area contributed by atoms with Crippen molar-refractivity contribution in [2.45, 2.75) is 13.0 Å². The molecule has 30 heavy (non-hydrogen) atoms. The molecule has 1 aliphatic heterocycles. The highest BCUT2D eigenvalue weighted by Crippen LogP contribution is 2.25. The summed E-state index contributed by atoms with van der Waals surface area (Å²) in [6, 6.07) is 10.4. The maximum Gasteiger partial charge on any atom is 0.335 e. The van der Waals surface area contributed by atoms with Crippen molar-refractivity contribution in [1.82, 2.24) is 24.4 Å². The fourth-order valence-electron chi connectivity index (χ4n) is 3.60. The Hall–Kier alpha value is -3.72. The van der Waals surface area contributed by atoms with Crippen LogP contribution in [0.2, 0.25) is 0 Å². The Bertz CT molecular complexity index is 1190. The van der Waals surface area contributed by atoms with E-state index >= 15 is 0 Å². The lowest BCUT2D eigenvalue weighted by Gasteiger charge is -2.06. The zero-order valence-electron chi connectivity index (χ0n) is 16.1. The van der Waals surface area contributed by atoms with E-state index in [1.165, 1.54) is 12.1 Å². The summed E-state index contributed by atoms with van der Waals surface area (Å²) in [5.41, 5.74) is 3.57. The van der Waals surface area contributed by atoms with Crippen molar-refractivity contribution < 1.29 is 14.6 Å². The highest BCUT2D eigenvalue weighted by atomic mass is 16.5. The molecule has 0 saturated carbocycles. The average Bonchev–Trinajstić information content (AvgIpc) is 3.49. The van der Waals surface area contributed by atoms with Crippen LogP contribution in [0.4, 0.5) is 11.6 Å². The first kappa shape index (κ1) is 18.3. The molecule has 1 aliphatic rings. The molecule has 1 unspecified atom stereocenters. The van der Waals surface area contributed by atoms with Crippen LogP contribution in [0.25, 0.3) is 16.8 Å². The number of benzene rings is 1. The van der Waals surface area contributed by atoms with Crippen molar-refractivity contribution in [3.63, 3.8) is 0 Å². The minimum atomic E-state index is -0.960. The third kappa shape index (κ3) is 3.62. The molecule has 9 nitrogen and oxygen atoms in total. The second-order valence-electron chi connectivity index (χ2n) is 7.31. The van der Waals surface area contributed by atoms with Gasteiger partial charge in [0.15, 0.2) is 5.65 Å². The van der Waals surface area contributed by atoms with Gasteiger partial charge in [-0.25, -0.2) is 9.31 Å². The van der Waals surface area contributed by atoms with E-state index in [0.29, 0.717) is 23.2 Å². The van der Waals surface area contributed by atoms with Crippen LogP contribution in [0.3, 0.4) is 0 Å². The Morgan fingerprint density at radius 1 is 1.27 bits per heavy atom. The van der Waals surface area contributed by atoms with E-state index in [0.717, 1.165) is 37.3 Å². The summed E-state index contributed by atoms with van der Waals surface area (Å²) < 4.78 is 9.12. The number of carboxylic acid groups (broad SMARTS) is 1. The number of anilines is 2. The molecule has 0 radical (unpaired) electrons. The molecular weight excluding hydrogens is 384 g/mol. The summed E-state index contributed by atoms with van der Waals surface area (Å²) in [6.07, 6.45) is 6.78. The highest BCUT2D eigenvalue weighted by Gasteiger charge is 2.17. The highest BCUT2D eigenvalue weighted by molar-refractivity contribution is 5.88. The maximum atomic E-state index is 11.0. The molecule has 0 amide bonds. The van der Waals surface area contributed by atoms with E-state index in [-0.39, 0.29) is 5.56 Å². The van der Waals surface area contributed by atoms with Gasteiger partial charge in [-0.2, -0.15) is 10.1 Å². The second-order valence-corrected chi connectivity index (χ2v) is 7.31. The number of ether oxygens (including phenoxy) is 1. The monoisotopic (exact) mass is 404 g/mol. The minimum Gasteiger partial charge on any atom is -0.478 e. The summed E-state index contributed by atoms with van der Waals surface area (Å²) in [6.45, 7) is 2.46. The average molecular weight is 404 g/mol. The Labute approximate surface area is 171 Å². The van der Waals surface area contributed by atoms with E-state index < -0.39 is 5.97 Å². The lowest BCUT2D eigenvalue weighted by Crippen LogP contribution is -2.10. The van der Waals surface area contributed by atoms with Gasteiger partial charge in [0.25, 0.3) is 0 Å². The van der Waals surface area contributed by atoms with Crippen molar-refractivity contribution in [3.8, 4) is 11.1 Å². The molecule has 9 heteroatoms. The van der Waals surface area contributed by atoms with E-state index in [1.807, 2.05) is 35.4 Å². The molecule has 5 rings (SSSR count). The molecule has 2 N–H and O–H groups in total. The molecule has 1 saturated heterocycles. The van der Waals surface area contributed by atoms with Crippen LogP contribution < -0.4 is 5.32 Å². The number of aromatic nitrogens is 5. The van der Waals surface area contributed by atoms with E-state index in [9.17, 15) is 4.79 Å². The van der Waals surface area contributed by atoms with Crippen molar-refractivity contribution in [2.24, 2.45) is 5.92 Å². The SMILES string of the molecule is O=C(O)c1ccc(Nc2nc3c(-c4cnn(CC5CCOC5)c4)cccn3n2)cc1. The number of hydrogen-bond acceptors (Lipinski definition) is 6. The zero-order chi connectivity index (χ0) is 20.5. The third-order valence-corrected chi connectivity index (χ3v) is 5.16. The zero-order valence-corrected chi connectivity index (χ0v) is 16.1. The minimum absolute atomic E-state index is 0.229. The quantitative estimate of drug-likeness (QED) is 0.509. The number of nitrogens with one attached hydrogen (secondary N) is 1. The number of rotatable bonds is 6. The van der Waals surface area contributed by atoms with E-state index in [2.05, 4.69) is 20.5 Å². The lowest BCUT2D eigenvalue weighted by atomic mass is 10.1. The van der Waals surface area contributed by atoms with Crippen molar-refractivity contribution in [3.05, 3.63) is 60.6 Å². The number of pyridine rings is 1. The van der Waals surface area contributed by atoms with Gasteiger partial charge < -0.3 is 15.2 Å². The largest absolute Gasteiger partial charge is 0.478 e. The number of fused-ring (bicyclic) bond motifs is 1. The molecule has 1 atom stereocenters. The van der Waals surface area contributed by atoms with Crippen LogP contribution in [0, 0.1) is 5.92 Å². The maximum absolute atomic E-state index is 11.0. The Morgan fingerprint density at radius 3 is 2.90 bits per heavy atom. The normalized spacial score (nSPS) is 16.2. The summed E-state index contributed by atoms with van der Waals surface area (Å²) in [4.78, 5) is 15.6. The van der Waals surface area contributed by atoms with E-state index in [4.69, 9.17) is 9.84 Å². The molecule has 0 spiro atoms. The molecule has 0 bridgehead atoms. The van der Waals surface area contributed by atoms with Crippen molar-refractivity contribution >= 4 is 23.3 Å². The van der Waals surface area contributed by atoms with Gasteiger partial charge in [0.05, 0.1) is 18.4 Å². The van der Waals surface area contributed by atoms with Crippen LogP contribution in [0.1, 0.15) is 16.8 Å². The van der Waals surface area contributed by atoms with Crippen LogP contribution in [0.5, 0.6) is 0 Å². The number of carbonyl (C=O) groups is 1. The van der Waals surface area contributed by atoms with Gasteiger partial charge >= 0.3 is 5.97 Å². The molecule has 4 aromatic rings. The number of aromatic carboxylic acids is 1. The third-order valence-electron chi connectivity index (χ3n) is 5.16. The van der Waals surface area contributed by atoms with E-state index in [1.54, 1.807) is 16.6 Å². The number of hydrogen-bond donors (Lipinski definition) is 2. The van der Waals surface area contributed by atoms with Gasteiger partial charge in [-0.1, -0.05) is 0 Å². The van der Waals surface area contributed by atoms with Crippen molar-refractivity contribution in [2.75, 3.05) is 18.5 Å². The van der Waals surface area contributed by atoms with Gasteiger partial charge in [0.1, 0.15) is 0 Å². The predicted octanol–water partition coefficient (Wildman–Crippen LogP) is 3.07. The van der Waals surface area contributed by atoms with Gasteiger partial charge in [0.2, 0.25) is 5.95 Å². The van der Waals surface area contributed by atoms with Gasteiger partial charge in [0, 0.05) is 48.3 Å². The topological polar surface area (TPSA) is 107 Å². The Morgan fingerprint density at radius 2 is 2.13 bits per heavy atom. The molecular formula is C21H20N6O3. The van der Waals surface area contributed by atoms with Gasteiger partial charge in [-0.15, -0.1) is 5.10 Å².